The smallest absolute Gasteiger partial charge is 0.224 e. The number of hydrogen-bond donors (Lipinski definition) is 0. The number of rotatable bonds is 5. The zero-order valence-electron chi connectivity index (χ0n) is 9.70. The maximum Gasteiger partial charge on any atom is 0.389 e. The minimum Gasteiger partial charge on any atom is -0.224 e. The first-order valence-electron chi connectivity index (χ1n) is 5.12. The zero-order valence-corrected chi connectivity index (χ0v) is 11.3. The number of sulfone groups is 1. The van der Waals surface area contributed by atoms with Crippen molar-refractivity contribution >= 4 is 21.6 Å². The average Bonchev–Trinajstić information content (AvgIpc) is 2.22. The van der Waals surface area contributed by atoms with Crippen LogP contribution in [0.4, 0.5) is 13.2 Å². The molecule has 0 fully saturated rings. The summed E-state index contributed by atoms with van der Waals surface area (Å²) < 4.78 is 58.0. The fourth-order valence-corrected chi connectivity index (χ4v) is 2.79. The summed E-state index contributed by atoms with van der Waals surface area (Å²) >= 11 is 1.18. The first-order valence-corrected chi connectivity index (χ1v) is 8.16. The van der Waals surface area contributed by atoms with Crippen LogP contribution in [0, 0.1) is 0 Å². The van der Waals surface area contributed by atoms with Gasteiger partial charge in [0.2, 0.25) is 0 Å². The second-order valence-corrected chi connectivity index (χ2v) is 6.95. The quantitative estimate of drug-likeness (QED) is 0.782. The maximum atomic E-state index is 11.9. The van der Waals surface area contributed by atoms with Crippen LogP contribution < -0.4 is 0 Å². The summed E-state index contributed by atoms with van der Waals surface area (Å²) in [6, 6.07) is 6.18. The molecule has 1 aromatic carbocycles. The van der Waals surface area contributed by atoms with Gasteiger partial charge in [-0.15, -0.1) is 0 Å². The molecule has 102 valence electrons. The highest BCUT2D eigenvalue weighted by Gasteiger charge is 2.26. The Bertz CT molecular complexity index is 478. The van der Waals surface area contributed by atoms with Gasteiger partial charge in [-0.2, -0.15) is 24.9 Å². The molecule has 0 unspecified atom stereocenters. The molecule has 18 heavy (non-hydrogen) atoms. The molecule has 0 bridgehead atoms. The van der Waals surface area contributed by atoms with Crippen molar-refractivity contribution in [2.24, 2.45) is 0 Å². The summed E-state index contributed by atoms with van der Waals surface area (Å²) in [6.07, 6.45) is -3.81. The molecule has 1 aromatic rings. The van der Waals surface area contributed by atoms with Crippen LogP contribution in [0.5, 0.6) is 0 Å². The van der Waals surface area contributed by atoms with Crippen LogP contribution in [0.3, 0.4) is 0 Å². The molecule has 2 nitrogen and oxygen atoms in total. The summed E-state index contributed by atoms with van der Waals surface area (Å²) in [5.41, 5.74) is 0.814. The Hall–Kier alpha value is -0.690. The first-order chi connectivity index (χ1) is 8.18. The minimum absolute atomic E-state index is 0.0112. The van der Waals surface area contributed by atoms with Crippen LogP contribution in [0.1, 0.15) is 12.0 Å². The third kappa shape index (κ3) is 5.77. The molecule has 0 aromatic heterocycles. The Morgan fingerprint density at radius 2 is 1.72 bits per heavy atom. The van der Waals surface area contributed by atoms with E-state index in [-0.39, 0.29) is 10.6 Å². The molecule has 0 atom stereocenters. The van der Waals surface area contributed by atoms with Crippen molar-refractivity contribution in [1.82, 2.24) is 0 Å². The normalized spacial score (nSPS) is 12.7. The highest BCUT2D eigenvalue weighted by Crippen LogP contribution is 2.23. The molecule has 0 aliphatic carbocycles. The van der Waals surface area contributed by atoms with E-state index in [1.165, 1.54) is 23.9 Å². The summed E-state index contributed by atoms with van der Waals surface area (Å²) in [5, 5.41) is 0. The van der Waals surface area contributed by atoms with Gasteiger partial charge in [0.25, 0.3) is 0 Å². The lowest BCUT2D eigenvalue weighted by Crippen LogP contribution is -2.08. The molecule has 0 radical (unpaired) electrons. The van der Waals surface area contributed by atoms with Crippen LogP contribution >= 0.6 is 11.8 Å². The highest BCUT2D eigenvalue weighted by atomic mass is 32.2. The summed E-state index contributed by atoms with van der Waals surface area (Å²) in [4.78, 5) is 0.214. The third-order valence-electron chi connectivity index (χ3n) is 2.15. The Morgan fingerprint density at radius 1 is 1.17 bits per heavy atom. The van der Waals surface area contributed by atoms with Gasteiger partial charge in [-0.1, -0.05) is 12.1 Å². The molecule has 0 amide bonds. The fourth-order valence-electron chi connectivity index (χ4n) is 1.21. The van der Waals surface area contributed by atoms with E-state index in [0.717, 1.165) is 11.8 Å². The van der Waals surface area contributed by atoms with Gasteiger partial charge in [-0.05, 0) is 17.7 Å². The summed E-state index contributed by atoms with van der Waals surface area (Å²) in [7, 11) is -3.22. The van der Waals surface area contributed by atoms with Crippen LogP contribution in [0.25, 0.3) is 0 Å². The van der Waals surface area contributed by atoms with Crippen molar-refractivity contribution in [2.75, 3.05) is 12.0 Å². The number of thioether (sulfide) groups is 1. The third-order valence-corrected chi connectivity index (χ3v) is 4.31. The largest absolute Gasteiger partial charge is 0.389 e. The van der Waals surface area contributed by atoms with E-state index >= 15 is 0 Å². The predicted octanol–water partition coefficient (Wildman–Crippen LogP) is 3.28. The van der Waals surface area contributed by atoms with Gasteiger partial charge in [-0.25, -0.2) is 8.42 Å². The molecule has 0 heterocycles. The lowest BCUT2D eigenvalue weighted by Gasteiger charge is -2.06. The van der Waals surface area contributed by atoms with Crippen molar-refractivity contribution in [2.45, 2.75) is 23.2 Å². The van der Waals surface area contributed by atoms with E-state index in [1.807, 2.05) is 0 Å². The lowest BCUT2D eigenvalue weighted by atomic mass is 10.2. The zero-order chi connectivity index (χ0) is 13.8. The molecule has 7 heteroatoms. The van der Waals surface area contributed by atoms with Crippen molar-refractivity contribution in [1.29, 1.82) is 0 Å². The van der Waals surface area contributed by atoms with Gasteiger partial charge in [0.15, 0.2) is 9.84 Å². The van der Waals surface area contributed by atoms with Gasteiger partial charge in [0.05, 0.1) is 11.3 Å². The highest BCUT2D eigenvalue weighted by molar-refractivity contribution is 7.98. The minimum atomic E-state index is -4.12. The van der Waals surface area contributed by atoms with Gasteiger partial charge >= 0.3 is 6.18 Å². The molecular weight excluding hydrogens is 285 g/mol. The molecule has 0 saturated heterocycles. The molecule has 0 spiro atoms. The average molecular weight is 298 g/mol. The topological polar surface area (TPSA) is 34.1 Å². The van der Waals surface area contributed by atoms with Crippen molar-refractivity contribution < 1.29 is 21.6 Å². The molecule has 0 aliphatic rings. The Labute approximate surface area is 109 Å². The number of benzene rings is 1. The van der Waals surface area contributed by atoms with Crippen LogP contribution in [-0.4, -0.2) is 26.6 Å². The van der Waals surface area contributed by atoms with Crippen molar-refractivity contribution in [3.05, 3.63) is 29.8 Å². The Kier molecular flexibility index (Phi) is 5.10. The van der Waals surface area contributed by atoms with Crippen molar-refractivity contribution in [3.8, 4) is 0 Å². The van der Waals surface area contributed by atoms with E-state index in [1.54, 1.807) is 12.1 Å². The predicted molar refractivity (Wildman–Crippen MR) is 66.4 cm³/mol. The second-order valence-electron chi connectivity index (χ2n) is 3.83. The van der Waals surface area contributed by atoms with Crippen LogP contribution in [-0.2, 0) is 15.6 Å². The molecule has 0 N–H and O–H groups in total. The second kappa shape index (κ2) is 5.97. The van der Waals surface area contributed by atoms with E-state index in [0.29, 0.717) is 5.75 Å². The SMILES string of the molecule is CS(=O)(=O)c1ccc(CSCCC(F)(F)F)cc1. The van der Waals surface area contributed by atoms with Gasteiger partial charge in [0.1, 0.15) is 0 Å². The lowest BCUT2D eigenvalue weighted by molar-refractivity contribution is -0.129. The summed E-state index contributed by atoms with van der Waals surface area (Å²) in [5.74, 6) is 0.456. The monoisotopic (exact) mass is 298 g/mol. The van der Waals surface area contributed by atoms with Gasteiger partial charge in [-0.3, -0.25) is 0 Å². The molecule has 0 aliphatic heterocycles. The fraction of sp³-hybridized carbons (Fsp3) is 0.455. The summed E-state index contributed by atoms with van der Waals surface area (Å²) in [6.45, 7) is 0. The van der Waals surface area contributed by atoms with Crippen LogP contribution in [0.2, 0.25) is 0 Å². The van der Waals surface area contributed by atoms with E-state index in [4.69, 9.17) is 0 Å². The van der Waals surface area contributed by atoms with Crippen LogP contribution in [0.15, 0.2) is 29.2 Å². The van der Waals surface area contributed by atoms with E-state index in [2.05, 4.69) is 0 Å². The van der Waals surface area contributed by atoms with E-state index in [9.17, 15) is 21.6 Å². The Morgan fingerprint density at radius 3 is 2.17 bits per heavy atom. The first kappa shape index (κ1) is 15.4. The number of hydrogen-bond acceptors (Lipinski definition) is 3. The molecular formula is C11H13F3O2S2. The Balaban J connectivity index is 2.45. The van der Waals surface area contributed by atoms with Crippen molar-refractivity contribution in [3.63, 3.8) is 0 Å². The molecule has 0 saturated carbocycles. The van der Waals surface area contributed by atoms with E-state index < -0.39 is 22.4 Å². The standard InChI is InChI=1S/C11H13F3O2S2/c1-18(15,16)10-4-2-9(3-5-10)8-17-7-6-11(12,13)14/h2-5H,6-8H2,1H3. The maximum absolute atomic E-state index is 11.9. The molecule has 1 rings (SSSR count). The number of alkyl halides is 3. The van der Waals surface area contributed by atoms with Gasteiger partial charge in [0, 0.05) is 17.8 Å². The van der Waals surface area contributed by atoms with Gasteiger partial charge < -0.3 is 0 Å². The number of halogens is 3.